The zero-order chi connectivity index (χ0) is 15.9. The maximum atomic E-state index is 13.8. The van der Waals surface area contributed by atoms with E-state index in [-0.39, 0.29) is 5.82 Å². The van der Waals surface area contributed by atoms with E-state index in [1.54, 1.807) is 12.1 Å². The van der Waals surface area contributed by atoms with Crippen molar-refractivity contribution in [3.63, 3.8) is 0 Å². The predicted octanol–water partition coefficient (Wildman–Crippen LogP) is 2.67. The van der Waals surface area contributed by atoms with Crippen molar-refractivity contribution in [3.8, 4) is 0 Å². The van der Waals surface area contributed by atoms with Crippen LogP contribution in [0.1, 0.15) is 24.8 Å². The first-order valence-corrected chi connectivity index (χ1v) is 8.48. The van der Waals surface area contributed by atoms with Crippen molar-refractivity contribution in [3.05, 3.63) is 54.1 Å². The molecule has 124 valence electrons. The maximum Gasteiger partial charge on any atom is 0.127 e. The van der Waals surface area contributed by atoms with Crippen LogP contribution in [0.3, 0.4) is 0 Å². The number of hydrogen-bond donors (Lipinski definition) is 1. The number of aromatic nitrogens is 2. The first-order chi connectivity index (χ1) is 11.3. The molecule has 23 heavy (non-hydrogen) atoms. The number of aryl methyl sites for hydroxylation is 1. The van der Waals surface area contributed by atoms with Gasteiger partial charge >= 0.3 is 0 Å². The van der Waals surface area contributed by atoms with Gasteiger partial charge in [0.2, 0.25) is 0 Å². The van der Waals surface area contributed by atoms with Crippen LogP contribution in [0.25, 0.3) is 0 Å². The summed E-state index contributed by atoms with van der Waals surface area (Å²) < 4.78 is 15.7. The van der Waals surface area contributed by atoms with Crippen molar-refractivity contribution in [1.82, 2.24) is 20.0 Å². The molecule has 2 heterocycles. The Morgan fingerprint density at radius 2 is 2.17 bits per heavy atom. The largest absolute Gasteiger partial charge is 0.313 e. The molecule has 1 saturated heterocycles. The van der Waals surface area contributed by atoms with Gasteiger partial charge in [-0.15, -0.1) is 0 Å². The second-order valence-corrected chi connectivity index (χ2v) is 6.24. The van der Waals surface area contributed by atoms with Gasteiger partial charge in [0, 0.05) is 43.6 Å². The first kappa shape index (κ1) is 16.1. The molecule has 1 aromatic heterocycles. The van der Waals surface area contributed by atoms with Gasteiger partial charge in [0.15, 0.2) is 0 Å². The minimum Gasteiger partial charge on any atom is -0.313 e. The van der Waals surface area contributed by atoms with Crippen LogP contribution in [0, 0.1) is 5.82 Å². The summed E-state index contributed by atoms with van der Waals surface area (Å²) in [7, 11) is 0. The van der Waals surface area contributed by atoms with E-state index < -0.39 is 0 Å². The van der Waals surface area contributed by atoms with E-state index in [0.29, 0.717) is 12.6 Å². The summed E-state index contributed by atoms with van der Waals surface area (Å²) in [6.07, 6.45) is 7.26. The summed E-state index contributed by atoms with van der Waals surface area (Å²) in [5, 5.41) is 7.85. The van der Waals surface area contributed by atoms with Gasteiger partial charge in [0.05, 0.1) is 0 Å². The Labute approximate surface area is 137 Å². The van der Waals surface area contributed by atoms with Crippen molar-refractivity contribution in [1.29, 1.82) is 0 Å². The summed E-state index contributed by atoms with van der Waals surface area (Å²) >= 11 is 0. The Morgan fingerprint density at radius 3 is 3.00 bits per heavy atom. The fourth-order valence-corrected chi connectivity index (χ4v) is 3.21. The summed E-state index contributed by atoms with van der Waals surface area (Å²) in [6.45, 7) is 4.71. The van der Waals surface area contributed by atoms with E-state index in [0.717, 1.165) is 38.2 Å². The van der Waals surface area contributed by atoms with Gasteiger partial charge in [0.25, 0.3) is 0 Å². The van der Waals surface area contributed by atoms with Crippen LogP contribution in [0.5, 0.6) is 0 Å². The standard InChI is InChI=1S/C18H25FN4/c19-18-8-2-1-6-16(18)14-22-11-3-7-17(15-22)20-9-4-12-23-13-5-10-21-23/h1-2,5-6,8,10,13,17,20H,3-4,7,9,11-12,14-15H2. The van der Waals surface area contributed by atoms with Gasteiger partial charge in [-0.1, -0.05) is 18.2 Å². The fourth-order valence-electron chi connectivity index (χ4n) is 3.21. The Balaban J connectivity index is 1.40. The SMILES string of the molecule is Fc1ccccc1CN1CCCC(NCCCn2cccn2)C1. The van der Waals surface area contributed by atoms with Crippen LogP contribution in [-0.2, 0) is 13.1 Å². The molecule has 0 amide bonds. The molecule has 0 radical (unpaired) electrons. The molecule has 1 fully saturated rings. The second-order valence-electron chi connectivity index (χ2n) is 6.24. The Hall–Kier alpha value is -1.72. The normalized spacial score (nSPS) is 19.1. The quantitative estimate of drug-likeness (QED) is 0.797. The zero-order valence-corrected chi connectivity index (χ0v) is 13.5. The van der Waals surface area contributed by atoms with Crippen LogP contribution in [-0.4, -0.2) is 40.4 Å². The van der Waals surface area contributed by atoms with Crippen molar-refractivity contribution < 1.29 is 4.39 Å². The van der Waals surface area contributed by atoms with Gasteiger partial charge in [-0.25, -0.2) is 4.39 Å². The second kappa shape index (κ2) is 8.22. The van der Waals surface area contributed by atoms with Crippen molar-refractivity contribution in [2.45, 2.75) is 38.4 Å². The lowest BCUT2D eigenvalue weighted by Crippen LogP contribution is -2.45. The van der Waals surface area contributed by atoms with Gasteiger partial charge in [-0.05, 0) is 44.5 Å². The topological polar surface area (TPSA) is 33.1 Å². The van der Waals surface area contributed by atoms with Crippen molar-refractivity contribution >= 4 is 0 Å². The molecule has 0 spiro atoms. The Kier molecular flexibility index (Phi) is 5.77. The number of piperidine rings is 1. The highest BCUT2D eigenvalue weighted by Crippen LogP contribution is 2.15. The molecule has 2 aromatic rings. The highest BCUT2D eigenvalue weighted by Gasteiger charge is 2.20. The van der Waals surface area contributed by atoms with Crippen LogP contribution in [0.15, 0.2) is 42.7 Å². The number of hydrogen-bond acceptors (Lipinski definition) is 3. The molecule has 5 heteroatoms. The molecular weight excluding hydrogens is 291 g/mol. The van der Waals surface area contributed by atoms with Gasteiger partial charge < -0.3 is 5.32 Å². The number of benzene rings is 1. The molecule has 1 N–H and O–H groups in total. The molecule has 3 rings (SSSR count). The Morgan fingerprint density at radius 1 is 1.26 bits per heavy atom. The average Bonchev–Trinajstić information content (AvgIpc) is 3.08. The van der Waals surface area contributed by atoms with Crippen molar-refractivity contribution in [2.24, 2.45) is 0 Å². The van der Waals surface area contributed by atoms with Crippen LogP contribution in [0.4, 0.5) is 4.39 Å². The van der Waals surface area contributed by atoms with E-state index in [2.05, 4.69) is 15.3 Å². The molecule has 1 aromatic carbocycles. The lowest BCUT2D eigenvalue weighted by molar-refractivity contribution is 0.181. The highest BCUT2D eigenvalue weighted by atomic mass is 19.1. The molecule has 1 aliphatic rings. The first-order valence-electron chi connectivity index (χ1n) is 8.48. The minimum absolute atomic E-state index is 0.0956. The smallest absolute Gasteiger partial charge is 0.127 e. The molecule has 0 bridgehead atoms. The lowest BCUT2D eigenvalue weighted by atomic mass is 10.0. The zero-order valence-electron chi connectivity index (χ0n) is 13.5. The number of nitrogens with one attached hydrogen (secondary N) is 1. The molecule has 1 unspecified atom stereocenters. The van der Waals surface area contributed by atoms with Crippen molar-refractivity contribution in [2.75, 3.05) is 19.6 Å². The van der Waals surface area contributed by atoms with E-state index in [4.69, 9.17) is 0 Å². The molecule has 1 atom stereocenters. The highest BCUT2D eigenvalue weighted by molar-refractivity contribution is 5.17. The summed E-state index contributed by atoms with van der Waals surface area (Å²) in [6, 6.07) is 9.55. The number of likely N-dealkylation sites (tertiary alicyclic amines) is 1. The third-order valence-electron chi connectivity index (χ3n) is 4.41. The number of rotatable bonds is 7. The third-order valence-corrected chi connectivity index (χ3v) is 4.41. The molecule has 4 nitrogen and oxygen atoms in total. The minimum atomic E-state index is -0.0956. The summed E-state index contributed by atoms with van der Waals surface area (Å²) in [4.78, 5) is 2.35. The van der Waals surface area contributed by atoms with E-state index in [9.17, 15) is 4.39 Å². The lowest BCUT2D eigenvalue weighted by Gasteiger charge is -2.33. The average molecular weight is 316 g/mol. The molecule has 1 aliphatic heterocycles. The molecule has 0 saturated carbocycles. The van der Waals surface area contributed by atoms with Gasteiger partial charge in [0.1, 0.15) is 5.82 Å². The summed E-state index contributed by atoms with van der Waals surface area (Å²) in [5.41, 5.74) is 0.798. The number of halogens is 1. The third kappa shape index (κ3) is 4.88. The van der Waals surface area contributed by atoms with Crippen LogP contribution >= 0.6 is 0 Å². The van der Waals surface area contributed by atoms with Crippen LogP contribution < -0.4 is 5.32 Å². The molecule has 0 aliphatic carbocycles. The Bertz CT molecular complexity index is 584. The van der Waals surface area contributed by atoms with E-state index in [1.165, 1.54) is 12.8 Å². The van der Waals surface area contributed by atoms with E-state index >= 15 is 0 Å². The van der Waals surface area contributed by atoms with Gasteiger partial charge in [-0.2, -0.15) is 5.10 Å². The van der Waals surface area contributed by atoms with Crippen LogP contribution in [0.2, 0.25) is 0 Å². The predicted molar refractivity (Wildman–Crippen MR) is 89.5 cm³/mol. The number of nitrogens with zero attached hydrogens (tertiary/aromatic N) is 3. The van der Waals surface area contributed by atoms with Gasteiger partial charge in [-0.3, -0.25) is 9.58 Å². The summed E-state index contributed by atoms with van der Waals surface area (Å²) in [5.74, 6) is -0.0956. The van der Waals surface area contributed by atoms with E-state index in [1.807, 2.05) is 35.3 Å². The fraction of sp³-hybridized carbons (Fsp3) is 0.500. The maximum absolute atomic E-state index is 13.8. The monoisotopic (exact) mass is 316 g/mol. The molecular formula is C18H25FN4.